The van der Waals surface area contributed by atoms with E-state index in [1.807, 2.05) is 38.1 Å². The molecule has 4 rings (SSSR count). The number of ether oxygens (including phenoxy) is 2. The van der Waals surface area contributed by atoms with Crippen LogP contribution in [0.3, 0.4) is 0 Å². The van der Waals surface area contributed by atoms with Gasteiger partial charge in [0.15, 0.2) is 11.6 Å². The van der Waals surface area contributed by atoms with Crippen molar-refractivity contribution in [2.75, 3.05) is 24.9 Å². The maximum Gasteiger partial charge on any atom is 0.193 e. The number of carbonyl (C=O) groups is 2. The summed E-state index contributed by atoms with van der Waals surface area (Å²) in [6, 6.07) is 7.37. The number of hydrogen-bond acceptors (Lipinski definition) is 6. The zero-order chi connectivity index (χ0) is 20.4. The highest BCUT2D eigenvalue weighted by molar-refractivity contribution is 6.25. The predicted molar refractivity (Wildman–Crippen MR) is 108 cm³/mol. The molecule has 0 saturated heterocycles. The van der Waals surface area contributed by atoms with Crippen molar-refractivity contribution in [3.63, 3.8) is 0 Å². The number of aryl methyl sites for hydroxylation is 2. The van der Waals surface area contributed by atoms with Gasteiger partial charge in [-0.1, -0.05) is 12.1 Å². The molecule has 2 aromatic rings. The van der Waals surface area contributed by atoms with Crippen molar-refractivity contribution in [2.24, 2.45) is 0 Å². The molecule has 0 spiro atoms. The first-order valence-corrected chi connectivity index (χ1v) is 9.20. The van der Waals surface area contributed by atoms with E-state index in [9.17, 15) is 9.59 Å². The highest BCUT2D eigenvalue weighted by Gasteiger charge is 2.62. The van der Waals surface area contributed by atoms with Gasteiger partial charge in [-0.15, -0.1) is 0 Å². The van der Waals surface area contributed by atoms with Gasteiger partial charge < -0.3 is 20.1 Å². The van der Waals surface area contributed by atoms with E-state index >= 15 is 0 Å². The van der Waals surface area contributed by atoms with Gasteiger partial charge in [0.25, 0.3) is 0 Å². The van der Waals surface area contributed by atoms with E-state index in [0.29, 0.717) is 34.0 Å². The lowest BCUT2D eigenvalue weighted by molar-refractivity contribution is 0.0781. The molecule has 0 unspecified atom stereocenters. The van der Waals surface area contributed by atoms with Crippen LogP contribution in [0.5, 0.6) is 11.5 Å². The maximum absolute atomic E-state index is 13.6. The number of benzene rings is 2. The number of carbonyl (C=O) groups excluding carboxylic acids is 2. The van der Waals surface area contributed by atoms with Crippen molar-refractivity contribution in [3.05, 3.63) is 46.5 Å². The lowest BCUT2D eigenvalue weighted by atomic mass is 9.73. The van der Waals surface area contributed by atoms with Crippen molar-refractivity contribution in [1.29, 1.82) is 0 Å². The summed E-state index contributed by atoms with van der Waals surface area (Å²) in [6.07, 6.45) is 0. The lowest BCUT2D eigenvalue weighted by Crippen LogP contribution is -2.64. The van der Waals surface area contributed by atoms with Gasteiger partial charge in [0, 0.05) is 0 Å². The molecule has 0 saturated carbocycles. The molecule has 0 radical (unpaired) electrons. The van der Waals surface area contributed by atoms with Gasteiger partial charge in [-0.2, -0.15) is 0 Å². The summed E-state index contributed by atoms with van der Waals surface area (Å²) >= 11 is 0. The van der Waals surface area contributed by atoms with E-state index < -0.39 is 11.1 Å². The summed E-state index contributed by atoms with van der Waals surface area (Å²) in [5.41, 5.74) is 1.70. The first-order chi connectivity index (χ1) is 13.2. The molecule has 2 N–H and O–H groups in total. The Morgan fingerprint density at radius 3 is 1.39 bits per heavy atom. The van der Waals surface area contributed by atoms with E-state index in [1.165, 1.54) is 0 Å². The molecule has 0 aliphatic carbocycles. The molecule has 0 aromatic heterocycles. The summed E-state index contributed by atoms with van der Waals surface area (Å²) in [6.45, 7) is 7.31. The van der Waals surface area contributed by atoms with Gasteiger partial charge in [0.1, 0.15) is 22.6 Å². The fourth-order valence-electron chi connectivity index (χ4n) is 4.37. The third-order valence-corrected chi connectivity index (χ3v) is 6.30. The van der Waals surface area contributed by atoms with Crippen molar-refractivity contribution >= 4 is 22.9 Å². The van der Waals surface area contributed by atoms with E-state index in [2.05, 4.69) is 10.6 Å². The number of hydrogen-bond donors (Lipinski definition) is 2. The average Bonchev–Trinajstić information content (AvgIpc) is 3.11. The summed E-state index contributed by atoms with van der Waals surface area (Å²) in [7, 11) is 3.13. The van der Waals surface area contributed by atoms with Crippen LogP contribution >= 0.6 is 0 Å². The van der Waals surface area contributed by atoms with Gasteiger partial charge >= 0.3 is 0 Å². The monoisotopic (exact) mass is 380 g/mol. The van der Waals surface area contributed by atoms with Crippen LogP contribution in [0.4, 0.5) is 11.4 Å². The van der Waals surface area contributed by atoms with Gasteiger partial charge in [0.05, 0.1) is 36.7 Å². The lowest BCUT2D eigenvalue weighted by Gasteiger charge is -2.39. The van der Waals surface area contributed by atoms with Crippen LogP contribution in [0, 0.1) is 13.8 Å². The molecule has 0 fully saturated rings. The summed E-state index contributed by atoms with van der Waals surface area (Å²) in [5, 5.41) is 6.65. The van der Waals surface area contributed by atoms with Crippen molar-refractivity contribution in [3.8, 4) is 11.5 Å². The zero-order valence-electron chi connectivity index (χ0n) is 16.9. The molecule has 2 aromatic carbocycles. The third-order valence-electron chi connectivity index (χ3n) is 6.30. The molecule has 6 nitrogen and oxygen atoms in total. The van der Waals surface area contributed by atoms with Crippen LogP contribution in [0.2, 0.25) is 0 Å². The second-order valence-electron chi connectivity index (χ2n) is 7.83. The van der Waals surface area contributed by atoms with Gasteiger partial charge in [0.2, 0.25) is 0 Å². The minimum atomic E-state index is -1.19. The Bertz CT molecular complexity index is 962. The Balaban J connectivity index is 1.88. The summed E-state index contributed by atoms with van der Waals surface area (Å²) in [5.74, 6) is 0.898. The van der Waals surface area contributed by atoms with E-state index in [0.717, 1.165) is 11.1 Å². The maximum atomic E-state index is 13.6. The van der Waals surface area contributed by atoms with E-state index in [-0.39, 0.29) is 11.6 Å². The molecule has 28 heavy (non-hydrogen) atoms. The zero-order valence-corrected chi connectivity index (χ0v) is 16.9. The Labute approximate surface area is 164 Å². The van der Waals surface area contributed by atoms with E-state index in [1.54, 1.807) is 28.1 Å². The minimum absolute atomic E-state index is 0.133. The number of nitrogens with one attached hydrogen (secondary N) is 2. The largest absolute Gasteiger partial charge is 0.495 e. The molecule has 6 heteroatoms. The topological polar surface area (TPSA) is 76.7 Å². The summed E-state index contributed by atoms with van der Waals surface area (Å²) < 4.78 is 10.9. The van der Waals surface area contributed by atoms with Crippen LogP contribution in [0.1, 0.15) is 45.7 Å². The number of ketones is 2. The predicted octanol–water partition coefficient (Wildman–Crippen LogP) is 3.75. The van der Waals surface area contributed by atoms with Crippen LogP contribution in [0.25, 0.3) is 0 Å². The minimum Gasteiger partial charge on any atom is -0.495 e. The molecule has 0 bridgehead atoms. The Hall–Kier alpha value is -3.02. The number of rotatable bonds is 3. The Morgan fingerprint density at radius 1 is 0.714 bits per heavy atom. The van der Waals surface area contributed by atoms with Crippen LogP contribution in [0.15, 0.2) is 24.3 Å². The smallest absolute Gasteiger partial charge is 0.193 e. The molecule has 2 atom stereocenters. The van der Waals surface area contributed by atoms with Crippen LogP contribution in [-0.2, 0) is 0 Å². The second-order valence-corrected chi connectivity index (χ2v) is 7.83. The second kappa shape index (κ2) is 5.74. The Morgan fingerprint density at radius 2 is 1.07 bits per heavy atom. The quantitative estimate of drug-likeness (QED) is 0.844. The number of methoxy groups -OCH3 is 2. The SMILES string of the molecule is COc1ccc(C)c2c1N[C@](C)([C@]1(C)Nc3c(OC)ccc(C)c3C1=O)C2=O. The third kappa shape index (κ3) is 2.03. The van der Waals surface area contributed by atoms with Crippen LogP contribution < -0.4 is 20.1 Å². The average molecular weight is 380 g/mol. The number of anilines is 2. The molecule has 2 aliphatic rings. The van der Waals surface area contributed by atoms with Gasteiger partial charge in [-0.05, 0) is 51.0 Å². The fraction of sp³-hybridized carbons (Fsp3) is 0.364. The first kappa shape index (κ1) is 18.3. The highest BCUT2D eigenvalue weighted by atomic mass is 16.5. The van der Waals surface area contributed by atoms with E-state index in [4.69, 9.17) is 9.47 Å². The normalized spacial score (nSPS) is 25.1. The van der Waals surface area contributed by atoms with Crippen molar-refractivity contribution in [1.82, 2.24) is 0 Å². The van der Waals surface area contributed by atoms with Crippen LogP contribution in [-0.4, -0.2) is 36.9 Å². The molecular formula is C22H24N2O4. The summed E-state index contributed by atoms with van der Waals surface area (Å²) in [4.78, 5) is 27.2. The highest BCUT2D eigenvalue weighted by Crippen LogP contribution is 2.51. The standard InChI is InChI=1S/C22H24N2O4/c1-11-7-9-13(27-5)17-15(11)19(25)21(3,23-17)22(4)20(26)16-12(2)8-10-14(28-6)18(16)24-22/h7-10,23-24H,1-6H3/t21-,22+. The number of Topliss-reactive ketones (excluding diaryl/α,β-unsaturated/α-hetero) is 2. The fourth-order valence-corrected chi connectivity index (χ4v) is 4.37. The van der Waals surface area contributed by atoms with Crippen molar-refractivity contribution < 1.29 is 19.1 Å². The molecular weight excluding hydrogens is 356 g/mol. The molecule has 0 amide bonds. The molecule has 2 aliphatic heterocycles. The first-order valence-electron chi connectivity index (χ1n) is 9.20. The Kier molecular flexibility index (Phi) is 3.76. The van der Waals surface area contributed by atoms with Gasteiger partial charge in [-0.25, -0.2) is 0 Å². The van der Waals surface area contributed by atoms with Gasteiger partial charge in [-0.3, -0.25) is 9.59 Å². The number of fused-ring (bicyclic) bond motifs is 2. The van der Waals surface area contributed by atoms with Crippen molar-refractivity contribution in [2.45, 2.75) is 38.8 Å². The molecule has 2 heterocycles. The molecule has 146 valence electrons.